The second-order valence-electron chi connectivity index (χ2n) is 11.9. The Balaban J connectivity index is 1.32. The molecule has 4 aromatic rings. The lowest BCUT2D eigenvalue weighted by Gasteiger charge is -2.41. The largest absolute Gasteiger partial charge is 0.445 e. The molecule has 2 fully saturated rings. The van der Waals surface area contributed by atoms with Crippen molar-refractivity contribution in [1.82, 2.24) is 14.3 Å². The third-order valence-electron chi connectivity index (χ3n) is 9.14. The normalized spacial score (nSPS) is 17.6. The molecule has 2 saturated heterocycles. The molecular formula is C33H37N5O3. The van der Waals surface area contributed by atoms with Gasteiger partial charge in [0.05, 0.1) is 16.6 Å². The van der Waals surface area contributed by atoms with Gasteiger partial charge >= 0.3 is 6.09 Å². The van der Waals surface area contributed by atoms with E-state index in [1.54, 1.807) is 4.90 Å². The number of para-hydroxylation sites is 2. The average molecular weight is 552 g/mol. The van der Waals surface area contributed by atoms with Gasteiger partial charge in [0.1, 0.15) is 18.5 Å². The number of piperidine rings is 2. The van der Waals surface area contributed by atoms with Crippen molar-refractivity contribution in [2.75, 3.05) is 37.7 Å². The Kier molecular flexibility index (Phi) is 7.31. The molecule has 2 aromatic carbocycles. The summed E-state index contributed by atoms with van der Waals surface area (Å²) < 4.78 is 7.76. The number of rotatable bonds is 5. The number of nitriles is 1. The number of carbonyl (C=O) groups excluding carboxylic acids is 1. The molecule has 212 valence electrons. The molecule has 0 unspecified atom stereocenters. The molecule has 6 rings (SSSR count). The number of carbonyl (C=O) groups is 1. The fraction of sp³-hybridized carbons (Fsp3) is 0.424. The molecule has 0 bridgehead atoms. The van der Waals surface area contributed by atoms with Gasteiger partial charge in [0, 0.05) is 32.8 Å². The van der Waals surface area contributed by atoms with Gasteiger partial charge in [-0.3, -0.25) is 4.40 Å². The minimum absolute atomic E-state index is 0.0715. The van der Waals surface area contributed by atoms with E-state index in [1.807, 2.05) is 48.5 Å². The standard InChI is InChI=1S/C33H37N5O3/c1-23-29(25-12-16-37(17-13-25)32(40)41-21-24-8-4-3-5-9-24)26(20-34)30-35-27-10-6-7-11-28(27)38(30)31(23)36-18-14-33(2,22-39)15-19-36/h3-11,25,39H,12-19,21-22H2,1-2H3. The van der Waals surface area contributed by atoms with Crippen molar-refractivity contribution in [3.63, 3.8) is 0 Å². The maximum absolute atomic E-state index is 12.8. The molecule has 1 N–H and O–H groups in total. The first-order chi connectivity index (χ1) is 19.9. The summed E-state index contributed by atoms with van der Waals surface area (Å²) in [5.74, 6) is 1.23. The van der Waals surface area contributed by atoms with Crippen LogP contribution in [0.5, 0.6) is 0 Å². The molecule has 0 atom stereocenters. The Morgan fingerprint density at radius 3 is 2.44 bits per heavy atom. The van der Waals surface area contributed by atoms with Crippen LogP contribution in [0, 0.1) is 23.7 Å². The van der Waals surface area contributed by atoms with E-state index in [4.69, 9.17) is 9.72 Å². The van der Waals surface area contributed by atoms with Crippen molar-refractivity contribution in [2.24, 2.45) is 5.41 Å². The molecule has 2 aliphatic rings. The summed E-state index contributed by atoms with van der Waals surface area (Å²) in [5.41, 5.74) is 6.25. The highest BCUT2D eigenvalue weighted by atomic mass is 16.6. The number of aromatic nitrogens is 2. The quantitative estimate of drug-likeness (QED) is 0.338. The van der Waals surface area contributed by atoms with Crippen LogP contribution in [0.4, 0.5) is 10.6 Å². The number of pyridine rings is 1. The van der Waals surface area contributed by atoms with Crippen LogP contribution in [0.3, 0.4) is 0 Å². The highest BCUT2D eigenvalue weighted by molar-refractivity contribution is 5.86. The van der Waals surface area contributed by atoms with E-state index in [0.29, 0.717) is 24.3 Å². The second kappa shape index (κ2) is 11.1. The molecule has 41 heavy (non-hydrogen) atoms. The maximum Gasteiger partial charge on any atom is 0.410 e. The van der Waals surface area contributed by atoms with Gasteiger partial charge in [0.25, 0.3) is 0 Å². The molecule has 0 radical (unpaired) electrons. The predicted octanol–water partition coefficient (Wildman–Crippen LogP) is 5.78. The van der Waals surface area contributed by atoms with Gasteiger partial charge in [-0.1, -0.05) is 49.4 Å². The number of aliphatic hydroxyl groups is 1. The fourth-order valence-electron chi connectivity index (χ4n) is 6.58. The van der Waals surface area contributed by atoms with E-state index in [-0.39, 0.29) is 30.6 Å². The van der Waals surface area contributed by atoms with Crippen LogP contribution in [-0.4, -0.2) is 58.3 Å². The van der Waals surface area contributed by atoms with Gasteiger partial charge in [-0.05, 0) is 72.8 Å². The van der Waals surface area contributed by atoms with Crippen molar-refractivity contribution < 1.29 is 14.6 Å². The van der Waals surface area contributed by atoms with E-state index in [2.05, 4.69) is 35.3 Å². The Morgan fingerprint density at radius 2 is 1.76 bits per heavy atom. The number of nitrogens with zero attached hydrogens (tertiary/aromatic N) is 5. The number of amides is 1. The smallest absolute Gasteiger partial charge is 0.410 e. The highest BCUT2D eigenvalue weighted by Crippen LogP contribution is 2.42. The summed E-state index contributed by atoms with van der Waals surface area (Å²) in [4.78, 5) is 22.0. The second-order valence-corrected chi connectivity index (χ2v) is 11.9. The highest BCUT2D eigenvalue weighted by Gasteiger charge is 2.35. The number of anilines is 1. The zero-order valence-corrected chi connectivity index (χ0v) is 23.8. The van der Waals surface area contributed by atoms with E-state index >= 15 is 0 Å². The topological polar surface area (TPSA) is 94.1 Å². The van der Waals surface area contributed by atoms with Crippen LogP contribution in [0.1, 0.15) is 60.8 Å². The summed E-state index contributed by atoms with van der Waals surface area (Å²) in [6.07, 6.45) is 3.02. The van der Waals surface area contributed by atoms with Crippen molar-refractivity contribution >= 4 is 28.6 Å². The lowest BCUT2D eigenvalue weighted by molar-refractivity contribution is 0.0870. The van der Waals surface area contributed by atoms with Gasteiger partial charge in [-0.15, -0.1) is 0 Å². The molecule has 0 saturated carbocycles. The van der Waals surface area contributed by atoms with Crippen molar-refractivity contribution in [3.8, 4) is 6.07 Å². The molecule has 4 heterocycles. The van der Waals surface area contributed by atoms with Crippen molar-refractivity contribution in [2.45, 2.75) is 52.1 Å². The number of fused-ring (bicyclic) bond motifs is 3. The van der Waals surface area contributed by atoms with Crippen LogP contribution in [-0.2, 0) is 11.3 Å². The number of likely N-dealkylation sites (tertiary alicyclic amines) is 1. The van der Waals surface area contributed by atoms with Gasteiger partial charge in [0.15, 0.2) is 5.65 Å². The third kappa shape index (κ3) is 5.00. The van der Waals surface area contributed by atoms with Gasteiger partial charge in [-0.2, -0.15) is 5.26 Å². The zero-order chi connectivity index (χ0) is 28.6. The summed E-state index contributed by atoms with van der Waals surface area (Å²) in [5, 5.41) is 20.5. The Bertz CT molecular complexity index is 1610. The maximum atomic E-state index is 12.8. The van der Waals surface area contributed by atoms with Crippen LogP contribution in [0.25, 0.3) is 16.7 Å². The minimum atomic E-state index is -0.291. The number of hydrogen-bond donors (Lipinski definition) is 1. The van der Waals surface area contributed by atoms with Crippen LogP contribution in [0.15, 0.2) is 54.6 Å². The number of hydrogen-bond acceptors (Lipinski definition) is 6. The van der Waals surface area contributed by atoms with Crippen molar-refractivity contribution in [3.05, 3.63) is 76.9 Å². The zero-order valence-electron chi connectivity index (χ0n) is 23.8. The molecular weight excluding hydrogens is 514 g/mol. The van der Waals surface area contributed by atoms with E-state index < -0.39 is 0 Å². The van der Waals surface area contributed by atoms with Crippen molar-refractivity contribution in [1.29, 1.82) is 5.26 Å². The van der Waals surface area contributed by atoms with Crippen LogP contribution < -0.4 is 4.90 Å². The van der Waals surface area contributed by atoms with E-state index in [1.165, 1.54) is 0 Å². The Hall–Kier alpha value is -4.09. The number of aliphatic hydroxyl groups excluding tert-OH is 1. The molecule has 2 aliphatic heterocycles. The van der Waals surface area contributed by atoms with E-state index in [9.17, 15) is 15.2 Å². The van der Waals surface area contributed by atoms with Gasteiger partial charge in [-0.25, -0.2) is 9.78 Å². The van der Waals surface area contributed by atoms with E-state index in [0.717, 1.165) is 72.3 Å². The molecule has 8 nitrogen and oxygen atoms in total. The lowest BCUT2D eigenvalue weighted by atomic mass is 9.80. The number of benzene rings is 2. The minimum Gasteiger partial charge on any atom is -0.445 e. The summed E-state index contributed by atoms with van der Waals surface area (Å²) >= 11 is 0. The Labute approximate surface area is 240 Å². The first-order valence-electron chi connectivity index (χ1n) is 14.6. The third-order valence-corrected chi connectivity index (χ3v) is 9.14. The van der Waals surface area contributed by atoms with Gasteiger partial charge < -0.3 is 19.6 Å². The molecule has 8 heteroatoms. The average Bonchev–Trinajstić information content (AvgIpc) is 3.40. The fourth-order valence-corrected chi connectivity index (χ4v) is 6.58. The molecule has 0 aliphatic carbocycles. The summed E-state index contributed by atoms with van der Waals surface area (Å²) in [6, 6.07) is 20.3. The first-order valence-corrected chi connectivity index (χ1v) is 14.6. The number of imidazole rings is 1. The first kappa shape index (κ1) is 27.1. The van der Waals surface area contributed by atoms with Gasteiger partial charge in [0.2, 0.25) is 0 Å². The van der Waals surface area contributed by atoms with Crippen LogP contribution in [0.2, 0.25) is 0 Å². The molecule has 0 spiro atoms. The molecule has 2 aromatic heterocycles. The predicted molar refractivity (Wildman–Crippen MR) is 159 cm³/mol. The Morgan fingerprint density at radius 1 is 1.07 bits per heavy atom. The lowest BCUT2D eigenvalue weighted by Crippen LogP contribution is -2.42. The number of ether oxygens (including phenoxy) is 1. The monoisotopic (exact) mass is 551 g/mol. The van der Waals surface area contributed by atoms with Crippen LogP contribution >= 0.6 is 0 Å². The summed E-state index contributed by atoms with van der Waals surface area (Å²) in [6.45, 7) is 7.57. The SMILES string of the molecule is Cc1c(C2CCN(C(=O)OCc3ccccc3)CC2)c(C#N)c2nc3ccccc3n2c1N1CCC(C)(CO)CC1. The molecule has 1 amide bonds. The summed E-state index contributed by atoms with van der Waals surface area (Å²) in [7, 11) is 0.